The fraction of sp³-hybridized carbons (Fsp3) is 0.429. The zero-order valence-corrected chi connectivity index (χ0v) is 17.2. The molecule has 0 saturated carbocycles. The first-order chi connectivity index (χ1) is 13.6. The van der Waals surface area contributed by atoms with Crippen LogP contribution in [-0.2, 0) is 10.0 Å². The molecule has 0 bridgehead atoms. The Morgan fingerprint density at radius 3 is 2.29 bits per heavy atom. The Hall–Kier alpha value is -2.25. The number of hydrogen-bond acceptors (Lipinski definition) is 5. The van der Waals surface area contributed by atoms with Gasteiger partial charge in [0.25, 0.3) is 0 Å². The normalized spacial score (nSPS) is 17.9. The number of piperazine rings is 1. The molecule has 2 aliphatic rings. The maximum atomic E-state index is 12.2. The summed E-state index contributed by atoms with van der Waals surface area (Å²) in [7, 11) is -3.09. The van der Waals surface area contributed by atoms with Crippen LogP contribution in [0, 0.1) is 0 Å². The average Bonchev–Trinajstić information content (AvgIpc) is 2.73. The highest BCUT2D eigenvalue weighted by atomic mass is 32.2. The molecule has 0 aromatic heterocycles. The van der Waals surface area contributed by atoms with Crippen LogP contribution < -0.4 is 15.1 Å². The summed E-state index contributed by atoms with van der Waals surface area (Å²) in [6.07, 6.45) is 0.666. The molecule has 2 aliphatic heterocycles. The van der Waals surface area contributed by atoms with Crippen LogP contribution in [0.2, 0.25) is 0 Å². The summed E-state index contributed by atoms with van der Waals surface area (Å²) in [6.45, 7) is 6.37. The molecule has 6 nitrogen and oxygen atoms in total. The van der Waals surface area contributed by atoms with E-state index >= 15 is 0 Å². The molecule has 2 heterocycles. The predicted octanol–water partition coefficient (Wildman–Crippen LogP) is 3.11. The van der Waals surface area contributed by atoms with Gasteiger partial charge in [-0.1, -0.05) is 19.1 Å². The van der Waals surface area contributed by atoms with Crippen molar-refractivity contribution in [3.05, 3.63) is 48.5 Å². The van der Waals surface area contributed by atoms with Crippen molar-refractivity contribution in [1.29, 1.82) is 0 Å². The third kappa shape index (κ3) is 3.82. The summed E-state index contributed by atoms with van der Waals surface area (Å²) >= 11 is 0. The molecule has 0 radical (unpaired) electrons. The van der Waals surface area contributed by atoms with Crippen LogP contribution >= 0.6 is 0 Å². The minimum atomic E-state index is -3.09. The molecule has 7 heteroatoms. The van der Waals surface area contributed by atoms with E-state index in [2.05, 4.69) is 63.6 Å². The monoisotopic (exact) mass is 400 g/mol. The first kappa shape index (κ1) is 19.1. The number of nitrogens with one attached hydrogen (secondary N) is 1. The highest BCUT2D eigenvalue weighted by molar-refractivity contribution is 7.89. The molecule has 0 unspecified atom stereocenters. The summed E-state index contributed by atoms with van der Waals surface area (Å²) in [5.41, 5.74) is 4.71. The average molecular weight is 401 g/mol. The van der Waals surface area contributed by atoms with Gasteiger partial charge in [-0.2, -0.15) is 4.31 Å². The van der Waals surface area contributed by atoms with Crippen LogP contribution in [-0.4, -0.2) is 57.7 Å². The van der Waals surface area contributed by atoms with E-state index in [9.17, 15) is 8.42 Å². The number of rotatable bonds is 5. The fourth-order valence-electron chi connectivity index (χ4n) is 4.00. The quantitative estimate of drug-likeness (QED) is 0.836. The molecule has 28 heavy (non-hydrogen) atoms. The third-order valence-corrected chi connectivity index (χ3v) is 7.54. The maximum absolute atomic E-state index is 12.2. The van der Waals surface area contributed by atoms with E-state index in [4.69, 9.17) is 0 Å². The van der Waals surface area contributed by atoms with Gasteiger partial charge in [-0.05, 0) is 42.8 Å². The summed E-state index contributed by atoms with van der Waals surface area (Å²) in [6, 6.07) is 17.0. The van der Waals surface area contributed by atoms with Gasteiger partial charge in [-0.3, -0.25) is 0 Å². The topological polar surface area (TPSA) is 55.9 Å². The number of nitrogens with zero attached hydrogens (tertiary/aromatic N) is 3. The number of anilines is 4. The van der Waals surface area contributed by atoms with E-state index in [0.717, 1.165) is 31.9 Å². The number of hydrogen-bond donors (Lipinski definition) is 1. The first-order valence-corrected chi connectivity index (χ1v) is 11.6. The second-order valence-electron chi connectivity index (χ2n) is 7.31. The van der Waals surface area contributed by atoms with Crippen molar-refractivity contribution >= 4 is 32.8 Å². The van der Waals surface area contributed by atoms with Crippen molar-refractivity contribution in [2.45, 2.75) is 13.3 Å². The number of fused-ring (bicyclic) bond motifs is 1. The van der Waals surface area contributed by atoms with Crippen molar-refractivity contribution in [2.75, 3.05) is 60.1 Å². The zero-order chi connectivity index (χ0) is 19.6. The van der Waals surface area contributed by atoms with Crippen LogP contribution in [0.4, 0.5) is 22.7 Å². The van der Waals surface area contributed by atoms with Gasteiger partial charge in [0.2, 0.25) is 10.0 Å². The molecule has 1 saturated heterocycles. The van der Waals surface area contributed by atoms with E-state index in [-0.39, 0.29) is 5.75 Å². The fourth-order valence-corrected chi connectivity index (χ4v) is 5.50. The van der Waals surface area contributed by atoms with Gasteiger partial charge in [0.1, 0.15) is 0 Å². The lowest BCUT2D eigenvalue weighted by Crippen LogP contribution is -2.49. The second kappa shape index (κ2) is 8.01. The van der Waals surface area contributed by atoms with Crippen LogP contribution in [0.15, 0.2) is 48.5 Å². The summed E-state index contributed by atoms with van der Waals surface area (Å²) < 4.78 is 26.1. The van der Waals surface area contributed by atoms with Crippen molar-refractivity contribution < 1.29 is 8.42 Å². The van der Waals surface area contributed by atoms with E-state index in [1.807, 2.05) is 6.92 Å². The Morgan fingerprint density at radius 1 is 0.893 bits per heavy atom. The van der Waals surface area contributed by atoms with Gasteiger partial charge in [0.15, 0.2) is 0 Å². The van der Waals surface area contributed by atoms with Gasteiger partial charge in [-0.25, -0.2) is 8.42 Å². The predicted molar refractivity (Wildman–Crippen MR) is 116 cm³/mol. The van der Waals surface area contributed by atoms with Crippen molar-refractivity contribution in [3.8, 4) is 0 Å². The molecular weight excluding hydrogens is 372 g/mol. The van der Waals surface area contributed by atoms with Crippen LogP contribution in [0.5, 0.6) is 0 Å². The number of sulfonamides is 1. The van der Waals surface area contributed by atoms with Crippen molar-refractivity contribution in [1.82, 2.24) is 4.31 Å². The molecule has 1 N–H and O–H groups in total. The van der Waals surface area contributed by atoms with Crippen LogP contribution in [0.1, 0.15) is 13.3 Å². The van der Waals surface area contributed by atoms with E-state index in [1.165, 1.54) is 17.1 Å². The van der Waals surface area contributed by atoms with Crippen molar-refractivity contribution in [3.63, 3.8) is 0 Å². The molecule has 0 atom stereocenters. The Morgan fingerprint density at radius 2 is 1.57 bits per heavy atom. The Bertz CT molecular complexity index is 906. The van der Waals surface area contributed by atoms with Crippen LogP contribution in [0.3, 0.4) is 0 Å². The lowest BCUT2D eigenvalue weighted by Gasteiger charge is -2.36. The smallest absolute Gasteiger partial charge is 0.214 e. The van der Waals surface area contributed by atoms with Gasteiger partial charge in [0, 0.05) is 50.6 Å². The molecular formula is C21H28N4O2S. The van der Waals surface area contributed by atoms with Gasteiger partial charge in [-0.15, -0.1) is 0 Å². The lowest BCUT2D eigenvalue weighted by atomic mass is 10.1. The standard InChI is InChI=1S/C21H28N4O2S/c1-2-17-28(26,27)24-15-13-23(14-16-24)18-7-9-19(10-8-18)25-12-11-22-20-5-3-4-6-21(20)25/h3-10,22H,2,11-17H2,1H3. The van der Waals surface area contributed by atoms with E-state index in [0.29, 0.717) is 19.5 Å². The van der Waals surface area contributed by atoms with E-state index in [1.54, 1.807) is 4.31 Å². The van der Waals surface area contributed by atoms with Crippen LogP contribution in [0.25, 0.3) is 0 Å². The largest absolute Gasteiger partial charge is 0.382 e. The number of para-hydroxylation sites is 2. The summed E-state index contributed by atoms with van der Waals surface area (Å²) in [4.78, 5) is 4.61. The Kier molecular flexibility index (Phi) is 5.46. The second-order valence-corrected chi connectivity index (χ2v) is 9.40. The minimum Gasteiger partial charge on any atom is -0.382 e. The van der Waals surface area contributed by atoms with Gasteiger partial charge >= 0.3 is 0 Å². The molecule has 0 aliphatic carbocycles. The maximum Gasteiger partial charge on any atom is 0.214 e. The van der Waals surface area contributed by atoms with E-state index < -0.39 is 10.0 Å². The van der Waals surface area contributed by atoms with Crippen molar-refractivity contribution in [2.24, 2.45) is 0 Å². The molecule has 2 aromatic rings. The summed E-state index contributed by atoms with van der Waals surface area (Å²) in [5.74, 6) is 0.244. The zero-order valence-electron chi connectivity index (χ0n) is 16.3. The third-order valence-electron chi connectivity index (χ3n) is 5.47. The molecule has 4 rings (SSSR count). The SMILES string of the molecule is CCCS(=O)(=O)N1CCN(c2ccc(N3CCNc4ccccc43)cc2)CC1. The first-order valence-electron chi connectivity index (χ1n) is 10.0. The molecule has 1 fully saturated rings. The molecule has 150 valence electrons. The highest BCUT2D eigenvalue weighted by Crippen LogP contribution is 2.35. The summed E-state index contributed by atoms with van der Waals surface area (Å²) in [5, 5.41) is 3.45. The number of benzene rings is 2. The highest BCUT2D eigenvalue weighted by Gasteiger charge is 2.26. The molecule has 0 amide bonds. The van der Waals surface area contributed by atoms with Gasteiger partial charge in [0.05, 0.1) is 17.1 Å². The van der Waals surface area contributed by atoms with Gasteiger partial charge < -0.3 is 15.1 Å². The minimum absolute atomic E-state index is 0.244. The Labute approximate surface area is 167 Å². The molecule has 0 spiro atoms. The lowest BCUT2D eigenvalue weighted by molar-refractivity contribution is 0.384. The Balaban J connectivity index is 1.44. The molecule has 2 aromatic carbocycles.